The molecule has 1 N–H and O–H groups in total. The standard InChI is InChI=1S/C35H53FO3/c1-5-6-7-8-9-10-11-12-13-14-15-16-17-18-19-20-33(37)31-26-25-30(27-32(31)36)39-29-23-21-28(22-24-29)34(38)35(2,3)4/h21-27,33,37H,5-20H2,1-4H3. The summed E-state index contributed by atoms with van der Waals surface area (Å²) in [7, 11) is 0. The van der Waals surface area contributed by atoms with Crippen LogP contribution in [0.15, 0.2) is 42.5 Å². The van der Waals surface area contributed by atoms with Crippen molar-refractivity contribution in [3.63, 3.8) is 0 Å². The minimum absolute atomic E-state index is 0.0625. The monoisotopic (exact) mass is 540 g/mol. The van der Waals surface area contributed by atoms with Crippen molar-refractivity contribution in [1.29, 1.82) is 0 Å². The summed E-state index contributed by atoms with van der Waals surface area (Å²) in [6.45, 7) is 7.93. The van der Waals surface area contributed by atoms with Gasteiger partial charge >= 0.3 is 0 Å². The van der Waals surface area contributed by atoms with Crippen molar-refractivity contribution in [2.45, 2.75) is 137 Å². The van der Waals surface area contributed by atoms with E-state index >= 15 is 0 Å². The van der Waals surface area contributed by atoms with E-state index in [4.69, 9.17) is 4.74 Å². The Balaban J connectivity index is 1.60. The van der Waals surface area contributed by atoms with Gasteiger partial charge in [-0.1, -0.05) is 124 Å². The maximum absolute atomic E-state index is 14.7. The molecule has 0 heterocycles. The number of rotatable bonds is 20. The van der Waals surface area contributed by atoms with Crippen molar-refractivity contribution >= 4 is 5.78 Å². The highest BCUT2D eigenvalue weighted by atomic mass is 19.1. The zero-order chi connectivity index (χ0) is 28.5. The molecule has 0 aliphatic heterocycles. The lowest BCUT2D eigenvalue weighted by Crippen LogP contribution is -2.19. The number of carbonyl (C=O) groups excluding carboxylic acids is 1. The lowest BCUT2D eigenvalue weighted by molar-refractivity contribution is 0.0858. The fourth-order valence-electron chi connectivity index (χ4n) is 4.95. The molecule has 1 atom stereocenters. The van der Waals surface area contributed by atoms with E-state index in [0.717, 1.165) is 12.8 Å². The largest absolute Gasteiger partial charge is 0.457 e. The second-order valence-corrected chi connectivity index (χ2v) is 12.1. The fourth-order valence-corrected chi connectivity index (χ4v) is 4.95. The number of benzene rings is 2. The number of ether oxygens (including phenoxy) is 1. The maximum atomic E-state index is 14.7. The van der Waals surface area contributed by atoms with Gasteiger partial charge in [0, 0.05) is 22.6 Å². The summed E-state index contributed by atoms with van der Waals surface area (Å²) in [5.74, 6) is 0.504. The number of hydrogen-bond donors (Lipinski definition) is 1. The average molecular weight is 541 g/mol. The topological polar surface area (TPSA) is 46.5 Å². The molecule has 0 saturated carbocycles. The zero-order valence-corrected chi connectivity index (χ0v) is 25.1. The third-order valence-electron chi connectivity index (χ3n) is 7.45. The van der Waals surface area contributed by atoms with E-state index < -0.39 is 17.3 Å². The van der Waals surface area contributed by atoms with Gasteiger partial charge in [-0.2, -0.15) is 0 Å². The molecule has 2 aromatic carbocycles. The third-order valence-corrected chi connectivity index (χ3v) is 7.45. The van der Waals surface area contributed by atoms with Gasteiger partial charge in [-0.25, -0.2) is 4.39 Å². The summed E-state index contributed by atoms with van der Waals surface area (Å²) in [5.41, 5.74) is 0.492. The molecule has 0 aliphatic carbocycles. The molecular formula is C35H53FO3. The first-order valence-electron chi connectivity index (χ1n) is 15.5. The molecule has 2 rings (SSSR count). The molecule has 0 amide bonds. The van der Waals surface area contributed by atoms with Crippen molar-refractivity contribution in [3.8, 4) is 11.5 Å². The minimum atomic E-state index is -0.802. The SMILES string of the molecule is CCCCCCCCCCCCCCCCCC(O)c1ccc(Oc2ccc(C(=O)C(C)(C)C)cc2)cc1F. The van der Waals surface area contributed by atoms with Crippen molar-refractivity contribution in [2.75, 3.05) is 0 Å². The Morgan fingerprint density at radius 1 is 0.744 bits per heavy atom. The Labute approximate surface area is 237 Å². The Bertz CT molecular complexity index is 945. The number of aliphatic hydroxyl groups excluding tert-OH is 1. The summed E-state index contributed by atoms with van der Waals surface area (Å²) in [5, 5.41) is 10.5. The van der Waals surface area contributed by atoms with Gasteiger partial charge in [0.25, 0.3) is 0 Å². The van der Waals surface area contributed by atoms with Crippen molar-refractivity contribution in [1.82, 2.24) is 0 Å². The summed E-state index contributed by atoms with van der Waals surface area (Å²) in [4.78, 5) is 12.4. The van der Waals surface area contributed by atoms with Crippen LogP contribution in [0.4, 0.5) is 4.39 Å². The molecule has 0 radical (unpaired) electrons. The molecule has 1 unspecified atom stereocenters. The molecule has 0 saturated heterocycles. The maximum Gasteiger partial charge on any atom is 0.168 e. The van der Waals surface area contributed by atoms with Crippen LogP contribution in [-0.4, -0.2) is 10.9 Å². The summed E-state index contributed by atoms with van der Waals surface area (Å²) in [6.07, 6.45) is 19.2. The molecule has 0 aliphatic rings. The number of unbranched alkanes of at least 4 members (excludes halogenated alkanes) is 14. The molecule has 4 heteroatoms. The highest BCUT2D eigenvalue weighted by Gasteiger charge is 2.22. The van der Waals surface area contributed by atoms with Crippen LogP contribution in [-0.2, 0) is 0 Å². The highest BCUT2D eigenvalue weighted by molar-refractivity contribution is 5.99. The molecular weight excluding hydrogens is 487 g/mol. The molecule has 0 fully saturated rings. The van der Waals surface area contributed by atoms with Crippen LogP contribution >= 0.6 is 0 Å². The smallest absolute Gasteiger partial charge is 0.168 e. The predicted molar refractivity (Wildman–Crippen MR) is 161 cm³/mol. The Hall–Kier alpha value is -2.20. The molecule has 218 valence electrons. The van der Waals surface area contributed by atoms with Crippen LogP contribution < -0.4 is 4.74 Å². The van der Waals surface area contributed by atoms with Crippen LogP contribution in [0, 0.1) is 11.2 Å². The Morgan fingerprint density at radius 2 is 1.21 bits per heavy atom. The van der Waals surface area contributed by atoms with Gasteiger partial charge in [0.05, 0.1) is 6.10 Å². The molecule has 2 aromatic rings. The normalized spacial score (nSPS) is 12.5. The number of hydrogen-bond acceptors (Lipinski definition) is 3. The van der Waals surface area contributed by atoms with Gasteiger partial charge in [0.15, 0.2) is 5.78 Å². The van der Waals surface area contributed by atoms with Crippen LogP contribution in [0.2, 0.25) is 0 Å². The fraction of sp³-hybridized carbons (Fsp3) is 0.629. The van der Waals surface area contributed by atoms with E-state index in [9.17, 15) is 14.3 Å². The first-order chi connectivity index (χ1) is 18.7. The van der Waals surface area contributed by atoms with E-state index in [1.807, 2.05) is 20.8 Å². The van der Waals surface area contributed by atoms with E-state index in [0.29, 0.717) is 29.0 Å². The van der Waals surface area contributed by atoms with Crippen LogP contribution in [0.25, 0.3) is 0 Å². The van der Waals surface area contributed by atoms with Crippen molar-refractivity contribution in [2.24, 2.45) is 5.41 Å². The highest BCUT2D eigenvalue weighted by Crippen LogP contribution is 2.29. The number of carbonyl (C=O) groups is 1. The average Bonchev–Trinajstić information content (AvgIpc) is 2.90. The third kappa shape index (κ3) is 13.1. The van der Waals surface area contributed by atoms with Gasteiger partial charge in [0.2, 0.25) is 0 Å². The zero-order valence-electron chi connectivity index (χ0n) is 25.1. The van der Waals surface area contributed by atoms with Gasteiger partial charge < -0.3 is 9.84 Å². The molecule has 0 spiro atoms. The van der Waals surface area contributed by atoms with Gasteiger partial charge in [-0.15, -0.1) is 0 Å². The Kier molecular flexibility index (Phi) is 15.4. The van der Waals surface area contributed by atoms with Crippen LogP contribution in [0.1, 0.15) is 152 Å². The predicted octanol–water partition coefficient (Wildman–Crippen LogP) is 11.1. The van der Waals surface area contributed by atoms with Crippen LogP contribution in [0.5, 0.6) is 11.5 Å². The Morgan fingerprint density at radius 3 is 1.67 bits per heavy atom. The number of aliphatic hydroxyl groups is 1. The second kappa shape index (κ2) is 18.2. The van der Waals surface area contributed by atoms with Crippen LogP contribution in [0.3, 0.4) is 0 Å². The lowest BCUT2D eigenvalue weighted by atomic mass is 9.86. The van der Waals surface area contributed by atoms with E-state index in [-0.39, 0.29) is 5.78 Å². The number of halogens is 1. The van der Waals surface area contributed by atoms with Crippen molar-refractivity contribution < 1.29 is 19.0 Å². The summed E-state index contributed by atoms with van der Waals surface area (Å²) in [6, 6.07) is 11.5. The molecule has 39 heavy (non-hydrogen) atoms. The number of Topliss-reactive ketones (excluding diaryl/α,β-unsaturated/α-hetero) is 1. The quantitative estimate of drug-likeness (QED) is 0.134. The van der Waals surface area contributed by atoms with E-state index in [1.165, 1.54) is 89.5 Å². The molecule has 0 bridgehead atoms. The number of ketones is 1. The minimum Gasteiger partial charge on any atom is -0.457 e. The van der Waals surface area contributed by atoms with Gasteiger partial charge in [-0.05, 0) is 42.8 Å². The first-order valence-corrected chi connectivity index (χ1v) is 15.5. The van der Waals surface area contributed by atoms with Gasteiger partial charge in [-0.3, -0.25) is 4.79 Å². The lowest BCUT2D eigenvalue weighted by Gasteiger charge is -2.17. The van der Waals surface area contributed by atoms with Crippen molar-refractivity contribution in [3.05, 3.63) is 59.4 Å². The summed E-state index contributed by atoms with van der Waals surface area (Å²) >= 11 is 0. The van der Waals surface area contributed by atoms with E-state index in [2.05, 4.69) is 6.92 Å². The summed E-state index contributed by atoms with van der Waals surface area (Å²) < 4.78 is 20.5. The second-order valence-electron chi connectivity index (χ2n) is 12.1. The van der Waals surface area contributed by atoms with E-state index in [1.54, 1.807) is 36.4 Å². The molecule has 0 aromatic heterocycles. The first kappa shape index (κ1) is 33.0. The van der Waals surface area contributed by atoms with Gasteiger partial charge in [0.1, 0.15) is 17.3 Å². The molecule has 3 nitrogen and oxygen atoms in total.